The van der Waals surface area contributed by atoms with Crippen LogP contribution < -0.4 is 10.6 Å². The van der Waals surface area contributed by atoms with Crippen LogP contribution in [0.15, 0.2) is 12.3 Å². The zero-order chi connectivity index (χ0) is 13.0. The molecule has 98 valence electrons. The number of aryl methyl sites for hydroxylation is 1. The fraction of sp³-hybridized carbons (Fsp3) is 0.500. The highest BCUT2D eigenvalue weighted by Crippen LogP contribution is 2.17. The van der Waals surface area contributed by atoms with Gasteiger partial charge in [-0.25, -0.2) is 4.98 Å². The van der Waals surface area contributed by atoms with Crippen molar-refractivity contribution in [3.05, 3.63) is 23.0 Å². The maximum atomic E-state index is 11.9. The SMILES string of the molecule is Cc1cc(NC(=O)CC2CSCCN2)cnc1Cl. The molecule has 0 saturated carbocycles. The first-order valence-corrected chi connectivity index (χ1v) is 7.41. The number of hydrogen-bond donors (Lipinski definition) is 2. The van der Waals surface area contributed by atoms with Crippen LogP contribution in [0.2, 0.25) is 5.15 Å². The van der Waals surface area contributed by atoms with Gasteiger partial charge in [-0.3, -0.25) is 4.79 Å². The smallest absolute Gasteiger partial charge is 0.226 e. The Bertz CT molecular complexity index is 435. The van der Waals surface area contributed by atoms with Crippen LogP contribution >= 0.6 is 23.4 Å². The molecule has 1 saturated heterocycles. The van der Waals surface area contributed by atoms with Crippen LogP contribution in [0.25, 0.3) is 0 Å². The van der Waals surface area contributed by atoms with Crippen molar-refractivity contribution in [3.63, 3.8) is 0 Å². The van der Waals surface area contributed by atoms with Gasteiger partial charge >= 0.3 is 0 Å². The van der Waals surface area contributed by atoms with Gasteiger partial charge in [-0.15, -0.1) is 0 Å². The van der Waals surface area contributed by atoms with E-state index in [-0.39, 0.29) is 11.9 Å². The average Bonchev–Trinajstić information content (AvgIpc) is 2.35. The number of nitrogens with one attached hydrogen (secondary N) is 2. The average molecular weight is 286 g/mol. The summed E-state index contributed by atoms with van der Waals surface area (Å²) in [6, 6.07) is 2.10. The third kappa shape index (κ3) is 3.86. The first-order chi connectivity index (χ1) is 8.65. The number of aromatic nitrogens is 1. The summed E-state index contributed by atoms with van der Waals surface area (Å²) in [5.41, 5.74) is 1.56. The van der Waals surface area contributed by atoms with Crippen molar-refractivity contribution in [1.29, 1.82) is 0 Å². The predicted molar refractivity (Wildman–Crippen MR) is 76.3 cm³/mol. The van der Waals surface area contributed by atoms with Crippen LogP contribution in [0.5, 0.6) is 0 Å². The molecular weight excluding hydrogens is 270 g/mol. The Balaban J connectivity index is 1.88. The molecule has 1 unspecified atom stereocenters. The molecule has 2 rings (SSSR count). The summed E-state index contributed by atoms with van der Waals surface area (Å²) in [4.78, 5) is 15.9. The molecule has 0 spiro atoms. The number of anilines is 1. The van der Waals surface area contributed by atoms with Crippen molar-refractivity contribution < 1.29 is 4.79 Å². The van der Waals surface area contributed by atoms with Crippen LogP contribution in [0.1, 0.15) is 12.0 Å². The van der Waals surface area contributed by atoms with Gasteiger partial charge in [-0.05, 0) is 18.6 Å². The van der Waals surface area contributed by atoms with Crippen LogP contribution in [0.4, 0.5) is 5.69 Å². The van der Waals surface area contributed by atoms with Gasteiger partial charge in [0.2, 0.25) is 5.91 Å². The van der Waals surface area contributed by atoms with E-state index in [4.69, 9.17) is 11.6 Å². The Morgan fingerprint density at radius 3 is 3.22 bits per heavy atom. The first kappa shape index (κ1) is 13.6. The zero-order valence-electron chi connectivity index (χ0n) is 10.2. The first-order valence-electron chi connectivity index (χ1n) is 5.88. The summed E-state index contributed by atoms with van der Waals surface area (Å²) in [5, 5.41) is 6.66. The highest BCUT2D eigenvalue weighted by atomic mass is 35.5. The van der Waals surface area contributed by atoms with Gasteiger partial charge in [0.05, 0.1) is 11.9 Å². The van der Waals surface area contributed by atoms with E-state index < -0.39 is 0 Å². The Morgan fingerprint density at radius 2 is 2.56 bits per heavy atom. The number of thioether (sulfide) groups is 1. The lowest BCUT2D eigenvalue weighted by atomic mass is 10.2. The van der Waals surface area contributed by atoms with E-state index in [2.05, 4.69) is 15.6 Å². The third-order valence-electron chi connectivity index (χ3n) is 2.73. The Kier molecular flexibility index (Phi) is 4.86. The van der Waals surface area contributed by atoms with Crippen molar-refractivity contribution >= 4 is 35.0 Å². The molecule has 1 aliphatic heterocycles. The molecule has 0 bridgehead atoms. The van der Waals surface area contributed by atoms with Crippen molar-refractivity contribution in [3.8, 4) is 0 Å². The Labute approximate surface area is 116 Å². The number of amides is 1. The number of pyridine rings is 1. The van der Waals surface area contributed by atoms with Crippen LogP contribution in [-0.2, 0) is 4.79 Å². The lowest BCUT2D eigenvalue weighted by molar-refractivity contribution is -0.116. The molecule has 6 heteroatoms. The molecule has 18 heavy (non-hydrogen) atoms. The number of carbonyl (C=O) groups excluding carboxylic acids is 1. The zero-order valence-corrected chi connectivity index (χ0v) is 11.8. The second-order valence-corrected chi connectivity index (χ2v) is 5.82. The maximum Gasteiger partial charge on any atom is 0.226 e. The number of halogens is 1. The molecule has 1 aromatic heterocycles. The van der Waals surface area contributed by atoms with E-state index in [1.54, 1.807) is 6.20 Å². The minimum Gasteiger partial charge on any atom is -0.325 e. The number of hydrogen-bond acceptors (Lipinski definition) is 4. The highest BCUT2D eigenvalue weighted by Gasteiger charge is 2.16. The second kappa shape index (κ2) is 6.41. The Hall–Kier alpha value is -0.780. The van der Waals surface area contributed by atoms with Crippen molar-refractivity contribution in [1.82, 2.24) is 10.3 Å². The van der Waals surface area contributed by atoms with E-state index >= 15 is 0 Å². The predicted octanol–water partition coefficient (Wildman–Crippen LogP) is 2.08. The summed E-state index contributed by atoms with van der Waals surface area (Å²) in [5.74, 6) is 2.13. The lowest BCUT2D eigenvalue weighted by Gasteiger charge is -2.22. The maximum absolute atomic E-state index is 11.9. The van der Waals surface area contributed by atoms with Gasteiger partial charge in [0.25, 0.3) is 0 Å². The minimum absolute atomic E-state index is 0.0125. The van der Waals surface area contributed by atoms with E-state index in [1.165, 1.54) is 0 Å². The highest BCUT2D eigenvalue weighted by molar-refractivity contribution is 7.99. The molecule has 1 aliphatic rings. The molecular formula is C12H16ClN3OS. The van der Waals surface area contributed by atoms with E-state index in [1.807, 2.05) is 24.8 Å². The lowest BCUT2D eigenvalue weighted by Crippen LogP contribution is -2.39. The van der Waals surface area contributed by atoms with Gasteiger partial charge in [0.15, 0.2) is 0 Å². The number of carbonyl (C=O) groups is 1. The standard InChI is InChI=1S/C12H16ClN3OS/c1-8-4-9(6-15-12(8)13)16-11(17)5-10-7-18-3-2-14-10/h4,6,10,14H,2-3,5,7H2,1H3,(H,16,17). The van der Waals surface area contributed by atoms with Crippen molar-refractivity contribution in [2.75, 3.05) is 23.4 Å². The summed E-state index contributed by atoms with van der Waals surface area (Å²) >= 11 is 7.72. The number of nitrogens with zero attached hydrogens (tertiary/aromatic N) is 1. The normalized spacial score (nSPS) is 19.6. The van der Waals surface area contributed by atoms with Crippen molar-refractivity contribution in [2.24, 2.45) is 0 Å². The fourth-order valence-electron chi connectivity index (χ4n) is 1.81. The summed E-state index contributed by atoms with van der Waals surface area (Å²) in [6.07, 6.45) is 2.07. The molecule has 0 aliphatic carbocycles. The monoisotopic (exact) mass is 285 g/mol. The topological polar surface area (TPSA) is 54.0 Å². The van der Waals surface area contributed by atoms with E-state index in [0.717, 1.165) is 23.6 Å². The Morgan fingerprint density at radius 1 is 1.72 bits per heavy atom. The van der Waals surface area contributed by atoms with E-state index in [0.29, 0.717) is 17.3 Å². The molecule has 2 heterocycles. The van der Waals surface area contributed by atoms with Crippen LogP contribution in [0, 0.1) is 6.92 Å². The molecule has 1 amide bonds. The van der Waals surface area contributed by atoms with Crippen molar-refractivity contribution in [2.45, 2.75) is 19.4 Å². The number of rotatable bonds is 3. The molecule has 2 N–H and O–H groups in total. The van der Waals surface area contributed by atoms with Gasteiger partial charge < -0.3 is 10.6 Å². The molecule has 0 radical (unpaired) electrons. The summed E-state index contributed by atoms with van der Waals surface area (Å²) in [7, 11) is 0. The van der Waals surface area contributed by atoms with Crippen LogP contribution in [0.3, 0.4) is 0 Å². The van der Waals surface area contributed by atoms with Gasteiger partial charge in [0.1, 0.15) is 5.15 Å². The second-order valence-electron chi connectivity index (χ2n) is 4.31. The molecule has 1 atom stereocenters. The van der Waals surface area contributed by atoms with E-state index in [9.17, 15) is 4.79 Å². The van der Waals surface area contributed by atoms with Gasteiger partial charge in [0, 0.05) is 30.5 Å². The molecule has 0 aromatic carbocycles. The quantitative estimate of drug-likeness (QED) is 0.835. The summed E-state index contributed by atoms with van der Waals surface area (Å²) in [6.45, 7) is 2.84. The van der Waals surface area contributed by atoms with Crippen LogP contribution in [-0.4, -0.2) is 35.0 Å². The molecule has 4 nitrogen and oxygen atoms in total. The largest absolute Gasteiger partial charge is 0.325 e. The third-order valence-corrected chi connectivity index (χ3v) is 4.25. The summed E-state index contributed by atoms with van der Waals surface area (Å²) < 4.78 is 0. The minimum atomic E-state index is 0.0125. The van der Waals surface area contributed by atoms with Gasteiger partial charge in [-0.1, -0.05) is 11.6 Å². The molecule has 1 fully saturated rings. The van der Waals surface area contributed by atoms with Gasteiger partial charge in [-0.2, -0.15) is 11.8 Å². The fourth-order valence-corrected chi connectivity index (χ4v) is 2.87. The molecule has 1 aromatic rings.